The molecule has 0 aliphatic rings. The molecule has 0 amide bonds. The van der Waals surface area contributed by atoms with Crippen molar-refractivity contribution >= 4 is 0 Å². The number of ether oxygens (including phenoxy) is 2. The predicted molar refractivity (Wildman–Crippen MR) is 183 cm³/mol. The van der Waals surface area contributed by atoms with Crippen molar-refractivity contribution in [3.63, 3.8) is 0 Å². The summed E-state index contributed by atoms with van der Waals surface area (Å²) in [4.78, 5) is 0. The lowest BCUT2D eigenvalue weighted by Crippen LogP contribution is -2.53. The molecule has 0 saturated heterocycles. The molecular weight excluding hydrogens is 544 g/mol. The Kier molecular flexibility index (Phi) is 9.40. The van der Waals surface area contributed by atoms with Gasteiger partial charge in [0.15, 0.2) is 0 Å². The number of aryl methyl sites for hydroxylation is 6. The minimum Gasteiger partial charge on any atom is -0.507 e. The van der Waals surface area contributed by atoms with Crippen LogP contribution < -0.4 is 0 Å². The zero-order valence-corrected chi connectivity index (χ0v) is 28.6. The summed E-state index contributed by atoms with van der Waals surface area (Å²) in [5.41, 5.74) is 10.8. The molecule has 4 aromatic carbocycles. The normalized spacial score (nSPS) is 13.6. The van der Waals surface area contributed by atoms with Crippen LogP contribution in [-0.2, 0) is 20.3 Å². The number of benzene rings is 4. The minimum atomic E-state index is -0.670. The zero-order chi connectivity index (χ0) is 32.7. The molecular formula is C40H50O4. The molecule has 44 heavy (non-hydrogen) atoms. The third kappa shape index (κ3) is 5.78. The molecule has 4 nitrogen and oxygen atoms in total. The first kappa shape index (κ1) is 33.3. The first-order chi connectivity index (χ1) is 20.6. The fourth-order valence-electron chi connectivity index (χ4n) is 7.64. The van der Waals surface area contributed by atoms with Crippen molar-refractivity contribution in [2.75, 3.05) is 14.2 Å². The minimum absolute atomic E-state index is 0.248. The summed E-state index contributed by atoms with van der Waals surface area (Å²) >= 11 is 0. The molecule has 0 heterocycles. The van der Waals surface area contributed by atoms with E-state index in [0.717, 1.165) is 55.6 Å². The average molecular weight is 595 g/mol. The summed E-state index contributed by atoms with van der Waals surface area (Å²) in [7, 11) is 3.39. The maximum Gasteiger partial charge on any atom is 0.127 e. The highest BCUT2D eigenvalue weighted by atomic mass is 16.5. The number of hydrogen-bond donors (Lipinski definition) is 2. The van der Waals surface area contributed by atoms with Crippen molar-refractivity contribution in [1.82, 2.24) is 0 Å². The number of methoxy groups -OCH3 is 2. The van der Waals surface area contributed by atoms with Gasteiger partial charge in [-0.15, -0.1) is 0 Å². The lowest BCUT2D eigenvalue weighted by atomic mass is 9.67. The van der Waals surface area contributed by atoms with Crippen molar-refractivity contribution < 1.29 is 19.7 Å². The fourth-order valence-corrected chi connectivity index (χ4v) is 7.64. The number of aromatic hydroxyl groups is 2. The second-order valence-electron chi connectivity index (χ2n) is 13.7. The third-order valence-corrected chi connectivity index (χ3v) is 9.56. The average Bonchev–Trinajstić information content (AvgIpc) is 2.91. The van der Waals surface area contributed by atoms with Crippen molar-refractivity contribution in [2.24, 2.45) is 0 Å². The molecule has 0 unspecified atom stereocenters. The largest absolute Gasteiger partial charge is 0.507 e. The topological polar surface area (TPSA) is 58.9 Å². The van der Waals surface area contributed by atoms with Gasteiger partial charge in [0, 0.05) is 47.3 Å². The SMILES string of the molecule is CO[C@@H]([C@H](OC)C(C)(C)c1cccc(-c2c(C)cc(C)cc2C)c1O)C(C)(C)c1cccc(-c2c(C)cc(C)cc2C)c1O. The van der Waals surface area contributed by atoms with Crippen LogP contribution in [0.4, 0.5) is 0 Å². The maximum atomic E-state index is 11.9. The molecule has 0 spiro atoms. The van der Waals surface area contributed by atoms with Crippen LogP contribution in [0, 0.1) is 41.5 Å². The second-order valence-corrected chi connectivity index (χ2v) is 13.7. The van der Waals surface area contributed by atoms with E-state index in [1.54, 1.807) is 14.2 Å². The molecule has 2 atom stereocenters. The first-order valence-electron chi connectivity index (χ1n) is 15.4. The van der Waals surface area contributed by atoms with Crippen LogP contribution in [0.15, 0.2) is 60.7 Å². The summed E-state index contributed by atoms with van der Waals surface area (Å²) in [5, 5.41) is 23.7. The van der Waals surface area contributed by atoms with E-state index in [4.69, 9.17) is 9.47 Å². The molecule has 0 saturated carbocycles. The Balaban J connectivity index is 1.83. The molecule has 0 aromatic heterocycles. The van der Waals surface area contributed by atoms with Gasteiger partial charge in [-0.25, -0.2) is 0 Å². The van der Waals surface area contributed by atoms with Gasteiger partial charge in [0.05, 0.1) is 12.2 Å². The van der Waals surface area contributed by atoms with Crippen LogP contribution in [0.3, 0.4) is 0 Å². The quantitative estimate of drug-likeness (QED) is 0.203. The Morgan fingerprint density at radius 1 is 0.523 bits per heavy atom. The molecule has 2 N–H and O–H groups in total. The van der Waals surface area contributed by atoms with Gasteiger partial charge in [0.25, 0.3) is 0 Å². The standard InChI is InChI=1S/C40H50O4/c1-23-19-25(3)33(26(4)20-23)29-15-13-17-31(35(29)41)39(7,8)37(43-11)38(44-12)40(9,10)32-18-14-16-30(36(32)42)34-27(5)21-24(2)22-28(34)6/h13-22,37-38,41-42H,1-12H3/t37-,38-/m0/s1. The van der Waals surface area contributed by atoms with Crippen LogP contribution in [0.2, 0.25) is 0 Å². The Hall–Kier alpha value is -3.60. The van der Waals surface area contributed by atoms with Gasteiger partial charge >= 0.3 is 0 Å². The molecule has 4 aromatic rings. The molecule has 0 bridgehead atoms. The summed E-state index contributed by atoms with van der Waals surface area (Å²) in [5.74, 6) is 0.495. The molecule has 0 radical (unpaired) electrons. The van der Waals surface area contributed by atoms with E-state index in [9.17, 15) is 10.2 Å². The van der Waals surface area contributed by atoms with Gasteiger partial charge in [0.1, 0.15) is 11.5 Å². The summed E-state index contributed by atoms with van der Waals surface area (Å²) in [6, 6.07) is 20.5. The van der Waals surface area contributed by atoms with Gasteiger partial charge in [-0.3, -0.25) is 0 Å². The Labute approximate surface area is 264 Å². The maximum absolute atomic E-state index is 11.9. The second kappa shape index (κ2) is 12.4. The smallest absolute Gasteiger partial charge is 0.127 e. The number of para-hydroxylation sites is 2. The summed E-state index contributed by atoms with van der Waals surface area (Å²) in [6.45, 7) is 20.9. The van der Waals surface area contributed by atoms with Crippen molar-refractivity contribution in [2.45, 2.75) is 92.3 Å². The number of phenolic OH excluding ortho intramolecular Hbond substituents is 2. The molecule has 4 heteroatoms. The van der Waals surface area contributed by atoms with Gasteiger partial charge < -0.3 is 19.7 Å². The van der Waals surface area contributed by atoms with E-state index in [2.05, 4.69) is 93.5 Å². The van der Waals surface area contributed by atoms with Gasteiger partial charge in [-0.05, 0) is 74.9 Å². The Morgan fingerprint density at radius 3 is 1.09 bits per heavy atom. The highest BCUT2D eigenvalue weighted by Crippen LogP contribution is 2.48. The molecule has 4 rings (SSSR count). The Bertz CT molecular complexity index is 1510. The lowest BCUT2D eigenvalue weighted by molar-refractivity contribution is -0.0977. The fraction of sp³-hybridized carbons (Fsp3) is 0.400. The number of phenols is 2. The summed E-state index contributed by atoms with van der Waals surface area (Å²) in [6.07, 6.45) is -0.954. The highest BCUT2D eigenvalue weighted by molar-refractivity contribution is 5.79. The Morgan fingerprint density at radius 2 is 0.818 bits per heavy atom. The van der Waals surface area contributed by atoms with Crippen molar-refractivity contribution in [1.29, 1.82) is 0 Å². The molecule has 0 aliphatic heterocycles. The lowest BCUT2D eigenvalue weighted by Gasteiger charge is -2.45. The monoisotopic (exact) mass is 594 g/mol. The number of hydrogen-bond acceptors (Lipinski definition) is 4. The highest BCUT2D eigenvalue weighted by Gasteiger charge is 2.47. The zero-order valence-electron chi connectivity index (χ0n) is 28.6. The van der Waals surface area contributed by atoms with Crippen LogP contribution in [-0.4, -0.2) is 36.6 Å². The summed E-state index contributed by atoms with van der Waals surface area (Å²) < 4.78 is 12.6. The van der Waals surface area contributed by atoms with Crippen LogP contribution in [0.25, 0.3) is 22.3 Å². The molecule has 0 fully saturated rings. The number of rotatable bonds is 9. The van der Waals surface area contributed by atoms with E-state index in [1.165, 1.54) is 11.1 Å². The predicted octanol–water partition coefficient (Wildman–Crippen LogP) is 9.57. The van der Waals surface area contributed by atoms with Crippen molar-refractivity contribution in [3.05, 3.63) is 105 Å². The van der Waals surface area contributed by atoms with E-state index >= 15 is 0 Å². The van der Waals surface area contributed by atoms with Crippen LogP contribution >= 0.6 is 0 Å². The van der Waals surface area contributed by atoms with Crippen molar-refractivity contribution in [3.8, 4) is 33.8 Å². The van der Waals surface area contributed by atoms with E-state index in [0.29, 0.717) is 0 Å². The van der Waals surface area contributed by atoms with Crippen LogP contribution in [0.1, 0.15) is 72.2 Å². The van der Waals surface area contributed by atoms with Gasteiger partial charge in [0.2, 0.25) is 0 Å². The first-order valence-corrected chi connectivity index (χ1v) is 15.4. The van der Waals surface area contributed by atoms with E-state index in [1.807, 2.05) is 36.4 Å². The molecule has 0 aliphatic carbocycles. The van der Waals surface area contributed by atoms with E-state index in [-0.39, 0.29) is 11.5 Å². The van der Waals surface area contributed by atoms with Gasteiger partial charge in [-0.2, -0.15) is 0 Å². The van der Waals surface area contributed by atoms with Gasteiger partial charge in [-0.1, -0.05) is 99.5 Å². The van der Waals surface area contributed by atoms with E-state index < -0.39 is 23.0 Å². The third-order valence-electron chi connectivity index (χ3n) is 9.56. The molecule has 234 valence electrons. The van der Waals surface area contributed by atoms with Crippen LogP contribution in [0.5, 0.6) is 11.5 Å².